The van der Waals surface area contributed by atoms with Crippen LogP contribution >= 0.6 is 0 Å². The summed E-state index contributed by atoms with van der Waals surface area (Å²) in [5, 5.41) is 0.820. The first-order chi connectivity index (χ1) is 12.7. The van der Waals surface area contributed by atoms with Crippen LogP contribution in [0.3, 0.4) is 0 Å². The SMILES string of the molecule is COc1cc(OC)cc(-n2cc(-c3ccccc3)c3c(N)ncnc32)c1. The fraction of sp³-hybridized carbons (Fsp3) is 0.100. The van der Waals surface area contributed by atoms with Gasteiger partial charge in [-0.3, -0.25) is 0 Å². The Morgan fingerprint density at radius 1 is 0.923 bits per heavy atom. The molecule has 0 aliphatic heterocycles. The van der Waals surface area contributed by atoms with Crippen LogP contribution in [0.15, 0.2) is 61.1 Å². The first-order valence-electron chi connectivity index (χ1n) is 8.11. The molecule has 2 N–H and O–H groups in total. The monoisotopic (exact) mass is 346 g/mol. The minimum atomic E-state index is 0.447. The van der Waals surface area contributed by atoms with E-state index in [1.54, 1.807) is 14.2 Å². The second-order valence-corrected chi connectivity index (χ2v) is 5.81. The Labute approximate surface area is 150 Å². The summed E-state index contributed by atoms with van der Waals surface area (Å²) < 4.78 is 12.8. The van der Waals surface area contributed by atoms with Gasteiger partial charge in [-0.2, -0.15) is 0 Å². The number of hydrogen-bond acceptors (Lipinski definition) is 5. The minimum Gasteiger partial charge on any atom is -0.497 e. The lowest BCUT2D eigenvalue weighted by Crippen LogP contribution is -1.98. The summed E-state index contributed by atoms with van der Waals surface area (Å²) in [5.74, 6) is 1.84. The molecule has 2 heterocycles. The minimum absolute atomic E-state index is 0.447. The zero-order chi connectivity index (χ0) is 18.1. The molecule has 0 atom stereocenters. The number of nitrogen functional groups attached to an aromatic ring is 1. The fourth-order valence-corrected chi connectivity index (χ4v) is 3.05. The van der Waals surface area contributed by atoms with Crippen molar-refractivity contribution in [3.8, 4) is 28.3 Å². The maximum absolute atomic E-state index is 6.18. The van der Waals surface area contributed by atoms with Gasteiger partial charge >= 0.3 is 0 Å². The molecule has 130 valence electrons. The van der Waals surface area contributed by atoms with Crippen LogP contribution in [-0.4, -0.2) is 28.8 Å². The van der Waals surface area contributed by atoms with Crippen molar-refractivity contribution in [3.63, 3.8) is 0 Å². The van der Waals surface area contributed by atoms with Crippen molar-refractivity contribution in [3.05, 3.63) is 61.1 Å². The molecular formula is C20H18N4O2. The number of benzene rings is 2. The largest absolute Gasteiger partial charge is 0.497 e. The maximum atomic E-state index is 6.18. The predicted molar refractivity (Wildman–Crippen MR) is 102 cm³/mol. The lowest BCUT2D eigenvalue weighted by atomic mass is 10.1. The van der Waals surface area contributed by atoms with E-state index in [2.05, 4.69) is 9.97 Å². The van der Waals surface area contributed by atoms with Crippen LogP contribution in [0.25, 0.3) is 27.8 Å². The second kappa shape index (κ2) is 6.40. The average molecular weight is 346 g/mol. The fourth-order valence-electron chi connectivity index (χ4n) is 3.05. The Bertz CT molecular complexity index is 1050. The van der Waals surface area contributed by atoms with Gasteiger partial charge in [-0.1, -0.05) is 30.3 Å². The molecule has 0 aliphatic carbocycles. The molecule has 4 aromatic rings. The van der Waals surface area contributed by atoms with Gasteiger partial charge in [0.25, 0.3) is 0 Å². The second-order valence-electron chi connectivity index (χ2n) is 5.81. The maximum Gasteiger partial charge on any atom is 0.150 e. The number of nitrogens with zero attached hydrogens (tertiary/aromatic N) is 3. The van der Waals surface area contributed by atoms with Gasteiger partial charge in [-0.25, -0.2) is 9.97 Å². The molecule has 6 nitrogen and oxygen atoms in total. The molecule has 0 amide bonds. The Morgan fingerprint density at radius 3 is 2.27 bits per heavy atom. The van der Waals surface area contributed by atoms with Crippen LogP contribution in [0, 0.1) is 0 Å². The van der Waals surface area contributed by atoms with E-state index in [-0.39, 0.29) is 0 Å². The quantitative estimate of drug-likeness (QED) is 0.610. The Kier molecular flexibility index (Phi) is 3.93. The van der Waals surface area contributed by atoms with Gasteiger partial charge in [0.2, 0.25) is 0 Å². The molecule has 0 radical (unpaired) electrons. The summed E-state index contributed by atoms with van der Waals surface area (Å²) in [6.07, 6.45) is 3.49. The standard InChI is InChI=1S/C20H18N4O2/c1-25-15-8-14(9-16(10-15)26-2)24-11-17(13-6-4-3-5-7-13)18-19(21)22-12-23-20(18)24/h3-12H,1-2H3,(H2,21,22,23). The van der Waals surface area contributed by atoms with Crippen molar-refractivity contribution in [2.24, 2.45) is 0 Å². The molecule has 2 aromatic heterocycles. The third kappa shape index (κ3) is 2.61. The third-order valence-corrected chi connectivity index (χ3v) is 4.31. The Hall–Kier alpha value is -3.54. The first-order valence-corrected chi connectivity index (χ1v) is 8.11. The summed E-state index contributed by atoms with van der Waals surface area (Å²) in [6, 6.07) is 15.7. The van der Waals surface area contributed by atoms with E-state index in [9.17, 15) is 0 Å². The number of hydrogen-bond donors (Lipinski definition) is 1. The number of ether oxygens (including phenoxy) is 2. The van der Waals surface area contributed by atoms with E-state index in [0.717, 1.165) is 27.8 Å². The highest BCUT2D eigenvalue weighted by Gasteiger charge is 2.16. The van der Waals surface area contributed by atoms with Crippen molar-refractivity contribution < 1.29 is 9.47 Å². The topological polar surface area (TPSA) is 75.2 Å². The van der Waals surface area contributed by atoms with Crippen molar-refractivity contribution >= 4 is 16.9 Å². The Balaban J connectivity index is 2.02. The molecule has 0 unspecified atom stereocenters. The highest BCUT2D eigenvalue weighted by molar-refractivity contribution is 6.01. The van der Waals surface area contributed by atoms with Crippen LogP contribution in [-0.2, 0) is 0 Å². The van der Waals surface area contributed by atoms with Crippen molar-refractivity contribution in [1.82, 2.24) is 14.5 Å². The van der Waals surface area contributed by atoms with E-state index < -0.39 is 0 Å². The van der Waals surface area contributed by atoms with Crippen molar-refractivity contribution in [2.75, 3.05) is 20.0 Å². The lowest BCUT2D eigenvalue weighted by Gasteiger charge is -2.10. The molecule has 0 aliphatic rings. The van der Waals surface area contributed by atoms with Crippen LogP contribution < -0.4 is 15.2 Å². The van der Waals surface area contributed by atoms with Gasteiger partial charge in [-0.15, -0.1) is 0 Å². The molecule has 0 saturated carbocycles. The average Bonchev–Trinajstić information content (AvgIpc) is 3.09. The molecule has 0 bridgehead atoms. The summed E-state index contributed by atoms with van der Waals surface area (Å²) in [6.45, 7) is 0. The van der Waals surface area contributed by atoms with Crippen LogP contribution in [0.5, 0.6) is 11.5 Å². The van der Waals surface area contributed by atoms with Gasteiger partial charge in [0.1, 0.15) is 23.6 Å². The molecule has 0 fully saturated rings. The number of methoxy groups -OCH3 is 2. The van der Waals surface area contributed by atoms with Crippen LogP contribution in [0.2, 0.25) is 0 Å². The van der Waals surface area contributed by atoms with Gasteiger partial charge in [-0.05, 0) is 5.56 Å². The molecule has 2 aromatic carbocycles. The number of fused-ring (bicyclic) bond motifs is 1. The van der Waals surface area contributed by atoms with Crippen LogP contribution in [0.4, 0.5) is 5.82 Å². The highest BCUT2D eigenvalue weighted by Crippen LogP contribution is 2.35. The highest BCUT2D eigenvalue weighted by atomic mass is 16.5. The summed E-state index contributed by atoms with van der Waals surface area (Å²) in [7, 11) is 3.25. The number of anilines is 1. The zero-order valence-electron chi connectivity index (χ0n) is 14.5. The third-order valence-electron chi connectivity index (χ3n) is 4.31. The van der Waals surface area contributed by atoms with E-state index in [0.29, 0.717) is 17.3 Å². The van der Waals surface area contributed by atoms with Crippen molar-refractivity contribution in [1.29, 1.82) is 0 Å². The van der Waals surface area contributed by atoms with Gasteiger partial charge in [0, 0.05) is 30.0 Å². The van der Waals surface area contributed by atoms with E-state index in [1.165, 1.54) is 6.33 Å². The van der Waals surface area contributed by atoms with E-state index in [4.69, 9.17) is 15.2 Å². The smallest absolute Gasteiger partial charge is 0.150 e. The van der Waals surface area contributed by atoms with E-state index in [1.807, 2.05) is 59.3 Å². The number of nitrogens with two attached hydrogens (primary N) is 1. The summed E-state index contributed by atoms with van der Waals surface area (Å²) in [4.78, 5) is 8.64. The van der Waals surface area contributed by atoms with E-state index >= 15 is 0 Å². The normalized spacial score (nSPS) is 10.8. The lowest BCUT2D eigenvalue weighted by molar-refractivity contribution is 0.394. The Morgan fingerprint density at radius 2 is 1.62 bits per heavy atom. The molecule has 26 heavy (non-hydrogen) atoms. The van der Waals surface area contributed by atoms with Gasteiger partial charge < -0.3 is 19.8 Å². The molecule has 0 spiro atoms. The van der Waals surface area contributed by atoms with Crippen LogP contribution in [0.1, 0.15) is 0 Å². The predicted octanol–water partition coefficient (Wildman–Crippen LogP) is 3.69. The molecule has 4 rings (SSSR count). The molecular weight excluding hydrogens is 328 g/mol. The molecule has 6 heteroatoms. The summed E-state index contributed by atoms with van der Waals surface area (Å²) >= 11 is 0. The first kappa shape index (κ1) is 16.0. The van der Waals surface area contributed by atoms with Gasteiger partial charge in [0.15, 0.2) is 5.65 Å². The number of aromatic nitrogens is 3. The number of rotatable bonds is 4. The zero-order valence-corrected chi connectivity index (χ0v) is 14.5. The molecule has 0 saturated heterocycles. The van der Waals surface area contributed by atoms with Crippen molar-refractivity contribution in [2.45, 2.75) is 0 Å². The van der Waals surface area contributed by atoms with Gasteiger partial charge in [0.05, 0.1) is 25.3 Å². The summed E-state index contributed by atoms with van der Waals surface area (Å²) in [5.41, 5.74) is 9.80.